The maximum Gasteiger partial charge on any atom is 0.337 e. The molecule has 23 heavy (non-hydrogen) atoms. The van der Waals surface area contributed by atoms with Crippen LogP contribution in [-0.2, 0) is 0 Å². The van der Waals surface area contributed by atoms with Gasteiger partial charge in [0.15, 0.2) is 11.5 Å². The molecule has 0 saturated carbocycles. The van der Waals surface area contributed by atoms with Gasteiger partial charge in [-0.15, -0.1) is 0 Å². The summed E-state index contributed by atoms with van der Waals surface area (Å²) in [6, 6.07) is 8.73. The summed E-state index contributed by atoms with van der Waals surface area (Å²) < 4.78 is 24.3. The summed E-state index contributed by atoms with van der Waals surface area (Å²) in [6.45, 7) is 0.986. The van der Waals surface area contributed by atoms with Gasteiger partial charge in [-0.25, -0.2) is 9.18 Å². The number of carbonyl (C=O) groups excluding carboxylic acids is 1. The predicted molar refractivity (Wildman–Crippen MR) is 87.3 cm³/mol. The molecule has 0 atom stereocenters. The van der Waals surface area contributed by atoms with Crippen LogP contribution >= 0.6 is 15.9 Å². The number of hydrazine groups is 1. The summed E-state index contributed by atoms with van der Waals surface area (Å²) >= 11 is 3.20. The predicted octanol–water partition coefficient (Wildman–Crippen LogP) is 3.51. The molecule has 2 aromatic carbocycles. The van der Waals surface area contributed by atoms with Crippen LogP contribution in [0.1, 0.15) is 0 Å². The molecule has 1 aliphatic rings. The van der Waals surface area contributed by atoms with Crippen molar-refractivity contribution < 1.29 is 18.7 Å². The number of carbonyl (C=O) groups is 1. The monoisotopic (exact) mass is 381 g/mol. The Morgan fingerprint density at radius 2 is 1.87 bits per heavy atom. The van der Waals surface area contributed by atoms with E-state index in [1.54, 1.807) is 18.2 Å². The lowest BCUT2D eigenvalue weighted by molar-refractivity contribution is 0.171. The number of hydrogen-bond donors (Lipinski definition) is 3. The van der Waals surface area contributed by atoms with E-state index in [2.05, 4.69) is 32.1 Å². The van der Waals surface area contributed by atoms with Crippen LogP contribution in [0.5, 0.6) is 11.5 Å². The average molecular weight is 382 g/mol. The second kappa shape index (κ2) is 6.74. The summed E-state index contributed by atoms with van der Waals surface area (Å²) in [5.74, 6) is 0.863. The normalized spacial score (nSPS) is 12.4. The molecule has 0 fully saturated rings. The second-order valence-electron chi connectivity index (χ2n) is 4.69. The fourth-order valence-electron chi connectivity index (χ4n) is 2.00. The molecule has 0 unspecified atom stereocenters. The van der Waals surface area contributed by atoms with Gasteiger partial charge < -0.3 is 14.8 Å². The fourth-order valence-corrected chi connectivity index (χ4v) is 2.45. The number of fused-ring (bicyclic) bond motifs is 1. The van der Waals surface area contributed by atoms with Gasteiger partial charge >= 0.3 is 6.03 Å². The summed E-state index contributed by atoms with van der Waals surface area (Å²) in [7, 11) is 0. The number of halogens is 2. The lowest BCUT2D eigenvalue weighted by Crippen LogP contribution is -2.33. The van der Waals surface area contributed by atoms with E-state index in [9.17, 15) is 9.18 Å². The Labute approximate surface area is 140 Å². The zero-order valence-corrected chi connectivity index (χ0v) is 13.4. The quantitative estimate of drug-likeness (QED) is 0.711. The lowest BCUT2D eigenvalue weighted by Gasteiger charge is -2.19. The molecule has 0 aliphatic carbocycles. The van der Waals surface area contributed by atoms with Crippen molar-refractivity contribution in [2.24, 2.45) is 0 Å². The molecular weight excluding hydrogens is 369 g/mol. The van der Waals surface area contributed by atoms with Gasteiger partial charge in [0.25, 0.3) is 0 Å². The first-order chi connectivity index (χ1) is 11.1. The Morgan fingerprint density at radius 1 is 1.09 bits per heavy atom. The SMILES string of the molecule is O=C(NNc1ccc(F)cc1Br)Nc1ccc2c(c1)OCCO2. The van der Waals surface area contributed by atoms with Crippen LogP contribution in [-0.4, -0.2) is 19.2 Å². The molecule has 0 bridgehead atoms. The summed E-state index contributed by atoms with van der Waals surface area (Å²) in [6.07, 6.45) is 0. The van der Waals surface area contributed by atoms with E-state index in [0.717, 1.165) is 0 Å². The van der Waals surface area contributed by atoms with Crippen molar-refractivity contribution in [2.45, 2.75) is 0 Å². The smallest absolute Gasteiger partial charge is 0.337 e. The number of benzene rings is 2. The van der Waals surface area contributed by atoms with Crippen LogP contribution in [0.3, 0.4) is 0 Å². The molecule has 0 saturated heterocycles. The zero-order chi connectivity index (χ0) is 16.2. The molecule has 0 aromatic heterocycles. The Hall–Kier alpha value is -2.48. The summed E-state index contributed by atoms with van der Waals surface area (Å²) in [5.41, 5.74) is 6.25. The summed E-state index contributed by atoms with van der Waals surface area (Å²) in [4.78, 5) is 11.9. The Kier molecular flexibility index (Phi) is 4.52. The number of hydrogen-bond acceptors (Lipinski definition) is 4. The maximum atomic E-state index is 13.0. The number of rotatable bonds is 3. The molecular formula is C15H13BrFN3O3. The summed E-state index contributed by atoms with van der Waals surface area (Å²) in [5, 5.41) is 2.66. The minimum absolute atomic E-state index is 0.372. The maximum absolute atomic E-state index is 13.0. The van der Waals surface area contributed by atoms with E-state index >= 15 is 0 Å². The van der Waals surface area contributed by atoms with Crippen molar-refractivity contribution in [3.05, 3.63) is 46.7 Å². The van der Waals surface area contributed by atoms with Gasteiger partial charge in [0, 0.05) is 16.2 Å². The van der Waals surface area contributed by atoms with Gasteiger partial charge in [0.2, 0.25) is 0 Å². The molecule has 1 heterocycles. The molecule has 3 N–H and O–H groups in total. The third-order valence-corrected chi connectivity index (χ3v) is 3.70. The highest BCUT2D eigenvalue weighted by Crippen LogP contribution is 2.32. The minimum atomic E-state index is -0.474. The lowest BCUT2D eigenvalue weighted by atomic mass is 10.2. The third kappa shape index (κ3) is 3.84. The van der Waals surface area contributed by atoms with Crippen molar-refractivity contribution >= 4 is 33.3 Å². The van der Waals surface area contributed by atoms with Gasteiger partial charge in [-0.05, 0) is 46.3 Å². The van der Waals surface area contributed by atoms with Crippen LogP contribution in [0.15, 0.2) is 40.9 Å². The fraction of sp³-hybridized carbons (Fsp3) is 0.133. The van der Waals surface area contributed by atoms with Gasteiger partial charge in [-0.1, -0.05) is 0 Å². The standard InChI is InChI=1S/C15H13BrFN3O3/c16-11-7-9(17)1-3-12(11)19-20-15(21)18-10-2-4-13-14(8-10)23-6-5-22-13/h1-4,7-8,19H,5-6H2,(H2,18,20,21). The Balaban J connectivity index is 1.59. The van der Waals surface area contributed by atoms with Crippen LogP contribution in [0.4, 0.5) is 20.6 Å². The molecule has 120 valence electrons. The molecule has 3 rings (SSSR count). The highest BCUT2D eigenvalue weighted by atomic mass is 79.9. The number of urea groups is 1. The van der Waals surface area contributed by atoms with Gasteiger partial charge in [0.05, 0.1) is 5.69 Å². The van der Waals surface area contributed by atoms with Crippen molar-refractivity contribution in [3.63, 3.8) is 0 Å². The highest BCUT2D eigenvalue weighted by Gasteiger charge is 2.12. The average Bonchev–Trinajstić information content (AvgIpc) is 2.54. The van der Waals surface area contributed by atoms with Crippen molar-refractivity contribution in [1.29, 1.82) is 0 Å². The van der Waals surface area contributed by atoms with Gasteiger partial charge in [-0.2, -0.15) is 0 Å². The van der Waals surface area contributed by atoms with Crippen LogP contribution < -0.4 is 25.6 Å². The molecule has 1 aliphatic heterocycles. The number of anilines is 2. The second-order valence-corrected chi connectivity index (χ2v) is 5.54. The Morgan fingerprint density at radius 3 is 2.65 bits per heavy atom. The van der Waals surface area contributed by atoms with E-state index < -0.39 is 6.03 Å². The molecule has 0 radical (unpaired) electrons. The van der Waals surface area contributed by atoms with E-state index in [4.69, 9.17) is 9.47 Å². The number of nitrogens with one attached hydrogen (secondary N) is 3. The van der Waals surface area contributed by atoms with Crippen molar-refractivity contribution in [3.8, 4) is 11.5 Å². The van der Waals surface area contributed by atoms with Crippen LogP contribution in [0, 0.1) is 5.82 Å². The van der Waals surface area contributed by atoms with Gasteiger partial charge in [0.1, 0.15) is 19.0 Å². The number of amides is 2. The zero-order valence-electron chi connectivity index (χ0n) is 11.9. The van der Waals surface area contributed by atoms with Crippen LogP contribution in [0.25, 0.3) is 0 Å². The third-order valence-electron chi connectivity index (χ3n) is 3.04. The molecule has 2 amide bonds. The molecule has 0 spiro atoms. The molecule has 6 nitrogen and oxygen atoms in total. The van der Waals surface area contributed by atoms with Gasteiger partial charge in [-0.3, -0.25) is 10.9 Å². The topological polar surface area (TPSA) is 71.6 Å². The van der Waals surface area contributed by atoms with Crippen molar-refractivity contribution in [1.82, 2.24) is 5.43 Å². The van der Waals surface area contributed by atoms with E-state index in [0.29, 0.717) is 40.6 Å². The minimum Gasteiger partial charge on any atom is -0.486 e. The largest absolute Gasteiger partial charge is 0.486 e. The first-order valence-electron chi connectivity index (χ1n) is 6.79. The Bertz CT molecular complexity index is 742. The van der Waals surface area contributed by atoms with E-state index in [-0.39, 0.29) is 5.82 Å². The van der Waals surface area contributed by atoms with Crippen molar-refractivity contribution in [2.75, 3.05) is 24.0 Å². The first kappa shape index (κ1) is 15.4. The molecule has 8 heteroatoms. The van der Waals surface area contributed by atoms with E-state index in [1.807, 2.05) is 0 Å². The number of ether oxygens (including phenoxy) is 2. The molecule has 2 aromatic rings. The van der Waals surface area contributed by atoms with E-state index in [1.165, 1.54) is 18.2 Å². The first-order valence-corrected chi connectivity index (χ1v) is 7.59. The van der Waals surface area contributed by atoms with Crippen LogP contribution in [0.2, 0.25) is 0 Å². The highest BCUT2D eigenvalue weighted by molar-refractivity contribution is 9.10.